The summed E-state index contributed by atoms with van der Waals surface area (Å²) < 4.78 is 2.90. The van der Waals surface area contributed by atoms with Crippen LogP contribution in [-0.2, 0) is 6.54 Å². The number of rotatable bonds is 4. The molecule has 0 N–H and O–H groups in total. The van der Waals surface area contributed by atoms with Gasteiger partial charge in [0.1, 0.15) is 5.15 Å². The molecule has 0 spiro atoms. The van der Waals surface area contributed by atoms with Gasteiger partial charge in [0.2, 0.25) is 5.43 Å². The summed E-state index contributed by atoms with van der Waals surface area (Å²) in [7, 11) is 0. The lowest BCUT2D eigenvalue weighted by Crippen LogP contribution is -2.20. The SMILES string of the molecule is O=C(c1ccc(Cl)nc1)c1cn(Cc2cccc(Br)c2)c2ccccc2c1=O. The van der Waals surface area contributed by atoms with Crippen LogP contribution in [0.1, 0.15) is 21.5 Å². The second kappa shape index (κ2) is 7.70. The van der Waals surface area contributed by atoms with E-state index in [9.17, 15) is 9.59 Å². The molecule has 4 aromatic rings. The Hall–Kier alpha value is -2.76. The summed E-state index contributed by atoms with van der Waals surface area (Å²) in [5, 5.41) is 0.799. The summed E-state index contributed by atoms with van der Waals surface area (Å²) in [5.74, 6) is -0.372. The Kier molecular flexibility index (Phi) is 5.11. The van der Waals surface area contributed by atoms with E-state index in [1.54, 1.807) is 24.4 Å². The normalized spacial score (nSPS) is 10.9. The van der Waals surface area contributed by atoms with Crippen molar-refractivity contribution in [3.63, 3.8) is 0 Å². The first-order valence-electron chi connectivity index (χ1n) is 8.56. The highest BCUT2D eigenvalue weighted by molar-refractivity contribution is 9.10. The zero-order chi connectivity index (χ0) is 19.7. The molecule has 0 aliphatic carbocycles. The number of nitrogens with zero attached hydrogens (tertiary/aromatic N) is 2. The van der Waals surface area contributed by atoms with Gasteiger partial charge in [-0.15, -0.1) is 0 Å². The largest absolute Gasteiger partial charge is 0.342 e. The standard InChI is InChI=1S/C22H14BrClN2O2/c23-16-5-3-4-14(10-16)12-26-13-18(21(27)15-8-9-20(24)25-11-15)22(28)17-6-1-2-7-19(17)26/h1-11,13H,12H2. The fraction of sp³-hybridized carbons (Fsp3) is 0.0455. The molecule has 4 rings (SSSR count). The van der Waals surface area contributed by atoms with Crippen LogP contribution >= 0.6 is 27.5 Å². The van der Waals surface area contributed by atoms with Crippen LogP contribution in [-0.4, -0.2) is 15.3 Å². The zero-order valence-corrected chi connectivity index (χ0v) is 16.9. The first-order valence-corrected chi connectivity index (χ1v) is 9.73. The van der Waals surface area contributed by atoms with Gasteiger partial charge in [-0.3, -0.25) is 9.59 Å². The second-order valence-corrected chi connectivity index (χ2v) is 7.65. The third kappa shape index (κ3) is 3.63. The van der Waals surface area contributed by atoms with Gasteiger partial charge < -0.3 is 4.57 Å². The molecule has 0 aliphatic rings. The molecule has 4 nitrogen and oxygen atoms in total. The molecule has 138 valence electrons. The van der Waals surface area contributed by atoms with Crippen molar-refractivity contribution >= 4 is 44.2 Å². The number of aromatic nitrogens is 2. The lowest BCUT2D eigenvalue weighted by Gasteiger charge is -2.13. The first-order chi connectivity index (χ1) is 13.5. The molecule has 0 radical (unpaired) electrons. The van der Waals surface area contributed by atoms with Gasteiger partial charge in [0.05, 0.1) is 11.1 Å². The van der Waals surface area contributed by atoms with Gasteiger partial charge in [0, 0.05) is 34.4 Å². The Morgan fingerprint density at radius 2 is 1.89 bits per heavy atom. The summed E-state index contributed by atoms with van der Waals surface area (Å²) >= 11 is 9.29. The van der Waals surface area contributed by atoms with Crippen molar-refractivity contribution in [2.75, 3.05) is 0 Å². The minimum atomic E-state index is -0.372. The Morgan fingerprint density at radius 1 is 1.07 bits per heavy atom. The van der Waals surface area contributed by atoms with Crippen molar-refractivity contribution in [1.29, 1.82) is 0 Å². The Balaban J connectivity index is 1.87. The Bertz CT molecular complexity index is 1250. The van der Waals surface area contributed by atoms with Crippen LogP contribution in [0.5, 0.6) is 0 Å². The van der Waals surface area contributed by atoms with E-state index in [2.05, 4.69) is 20.9 Å². The Labute approximate surface area is 174 Å². The van der Waals surface area contributed by atoms with Crippen molar-refractivity contribution in [2.45, 2.75) is 6.54 Å². The third-order valence-electron chi connectivity index (χ3n) is 4.46. The predicted molar refractivity (Wildman–Crippen MR) is 114 cm³/mol. The van der Waals surface area contributed by atoms with Crippen molar-refractivity contribution in [2.24, 2.45) is 0 Å². The molecule has 28 heavy (non-hydrogen) atoms. The number of benzene rings is 2. The van der Waals surface area contributed by atoms with E-state index in [0.717, 1.165) is 15.6 Å². The first kappa shape index (κ1) is 18.6. The van der Waals surface area contributed by atoms with E-state index in [0.29, 0.717) is 22.6 Å². The highest BCUT2D eigenvalue weighted by Crippen LogP contribution is 2.18. The molecule has 6 heteroatoms. The lowest BCUT2D eigenvalue weighted by molar-refractivity contribution is 0.103. The number of fused-ring (bicyclic) bond motifs is 1. The molecule has 0 fully saturated rings. The van der Waals surface area contributed by atoms with Crippen LogP contribution in [0, 0.1) is 0 Å². The van der Waals surface area contributed by atoms with Crippen LogP contribution in [0.3, 0.4) is 0 Å². The molecule has 0 aliphatic heterocycles. The van der Waals surface area contributed by atoms with E-state index in [4.69, 9.17) is 11.6 Å². The summed E-state index contributed by atoms with van der Waals surface area (Å²) in [6.07, 6.45) is 3.01. The molecule has 2 aromatic heterocycles. The van der Waals surface area contributed by atoms with E-state index in [-0.39, 0.29) is 16.8 Å². The molecule has 0 amide bonds. The van der Waals surface area contributed by atoms with Gasteiger partial charge >= 0.3 is 0 Å². The maximum absolute atomic E-state index is 13.0. The number of hydrogen-bond acceptors (Lipinski definition) is 3. The third-order valence-corrected chi connectivity index (χ3v) is 5.18. The average Bonchev–Trinajstić information content (AvgIpc) is 2.70. The summed E-state index contributed by atoms with van der Waals surface area (Å²) in [4.78, 5) is 29.9. The maximum Gasteiger partial charge on any atom is 0.200 e. The van der Waals surface area contributed by atoms with Gasteiger partial charge in [0.15, 0.2) is 5.78 Å². The summed E-state index contributed by atoms with van der Waals surface area (Å²) in [6, 6.07) is 18.3. The molecule has 0 saturated heterocycles. The highest BCUT2D eigenvalue weighted by atomic mass is 79.9. The van der Waals surface area contributed by atoms with Gasteiger partial charge in [0.25, 0.3) is 0 Å². The van der Waals surface area contributed by atoms with E-state index in [1.165, 1.54) is 12.3 Å². The lowest BCUT2D eigenvalue weighted by atomic mass is 10.0. The highest BCUT2D eigenvalue weighted by Gasteiger charge is 2.17. The minimum absolute atomic E-state index is 0.109. The van der Waals surface area contributed by atoms with Crippen LogP contribution in [0.15, 0.2) is 82.3 Å². The molecule has 2 heterocycles. The van der Waals surface area contributed by atoms with Crippen molar-refractivity contribution < 1.29 is 4.79 Å². The van der Waals surface area contributed by atoms with Gasteiger partial charge in [-0.1, -0.05) is 51.8 Å². The van der Waals surface area contributed by atoms with Gasteiger partial charge in [-0.25, -0.2) is 4.98 Å². The fourth-order valence-electron chi connectivity index (χ4n) is 3.14. The van der Waals surface area contributed by atoms with Gasteiger partial charge in [-0.2, -0.15) is 0 Å². The van der Waals surface area contributed by atoms with E-state index < -0.39 is 0 Å². The number of carbonyl (C=O) groups is 1. The summed E-state index contributed by atoms with van der Waals surface area (Å²) in [6.45, 7) is 0.527. The quantitative estimate of drug-likeness (QED) is 0.319. The summed E-state index contributed by atoms with van der Waals surface area (Å²) in [5.41, 5.74) is 1.97. The number of carbonyl (C=O) groups excluding carboxylic acids is 1. The molecule has 2 aromatic carbocycles. The molecule has 0 saturated carbocycles. The van der Waals surface area contributed by atoms with Crippen LogP contribution in [0.25, 0.3) is 10.9 Å². The minimum Gasteiger partial charge on any atom is -0.342 e. The van der Waals surface area contributed by atoms with Crippen molar-refractivity contribution in [3.8, 4) is 0 Å². The molecular formula is C22H14BrClN2O2. The molecule has 0 bridgehead atoms. The van der Waals surface area contributed by atoms with Crippen LogP contribution in [0.2, 0.25) is 5.15 Å². The van der Waals surface area contributed by atoms with Crippen LogP contribution in [0.4, 0.5) is 0 Å². The Morgan fingerprint density at radius 3 is 2.64 bits per heavy atom. The number of halogens is 2. The number of pyridine rings is 2. The monoisotopic (exact) mass is 452 g/mol. The maximum atomic E-state index is 13.0. The number of hydrogen-bond donors (Lipinski definition) is 0. The van der Waals surface area contributed by atoms with Crippen LogP contribution < -0.4 is 5.43 Å². The number of para-hydroxylation sites is 1. The van der Waals surface area contributed by atoms with E-state index in [1.807, 2.05) is 41.0 Å². The van der Waals surface area contributed by atoms with E-state index >= 15 is 0 Å². The topological polar surface area (TPSA) is 52.0 Å². The fourth-order valence-corrected chi connectivity index (χ4v) is 3.69. The van der Waals surface area contributed by atoms with Crippen molar-refractivity contribution in [1.82, 2.24) is 9.55 Å². The van der Waals surface area contributed by atoms with Gasteiger partial charge in [-0.05, 0) is 42.0 Å². The zero-order valence-electron chi connectivity index (χ0n) is 14.6. The number of ketones is 1. The van der Waals surface area contributed by atoms with Crippen molar-refractivity contribution in [3.05, 3.63) is 110 Å². The molecular weight excluding hydrogens is 440 g/mol. The second-order valence-electron chi connectivity index (χ2n) is 6.35. The predicted octanol–water partition coefficient (Wildman–Crippen LogP) is 5.09. The average molecular weight is 454 g/mol. The molecule has 0 atom stereocenters. The smallest absolute Gasteiger partial charge is 0.200 e. The molecule has 0 unspecified atom stereocenters.